The molecular formula is C19H20O8. The molecule has 2 N–H and O–H groups in total. The topological polar surface area (TPSA) is 112 Å². The van der Waals surface area contributed by atoms with Gasteiger partial charge in [0.1, 0.15) is 0 Å². The molecule has 0 aliphatic heterocycles. The van der Waals surface area contributed by atoms with E-state index in [1.54, 1.807) is 36.4 Å². The molecule has 0 fully saturated rings. The maximum absolute atomic E-state index is 11.8. The molecule has 0 aromatic heterocycles. The summed E-state index contributed by atoms with van der Waals surface area (Å²) in [5, 5.41) is 19.2. The summed E-state index contributed by atoms with van der Waals surface area (Å²) in [6, 6.07) is 13.0. The Morgan fingerprint density at radius 1 is 0.815 bits per heavy atom. The van der Waals surface area contributed by atoms with Gasteiger partial charge in [0.05, 0.1) is 20.8 Å². The van der Waals surface area contributed by atoms with E-state index in [9.17, 15) is 19.8 Å². The van der Waals surface area contributed by atoms with E-state index in [4.69, 9.17) is 18.9 Å². The van der Waals surface area contributed by atoms with Gasteiger partial charge in [-0.25, -0.2) is 9.59 Å². The van der Waals surface area contributed by atoms with Crippen molar-refractivity contribution in [1.82, 2.24) is 0 Å². The SMILES string of the molecule is COc1ccccc1OCCC(Oc1ccccc1OC)(C(=O)O)C(=O)O. The van der Waals surface area contributed by atoms with Crippen molar-refractivity contribution < 1.29 is 38.7 Å². The monoisotopic (exact) mass is 376 g/mol. The van der Waals surface area contributed by atoms with Crippen LogP contribution in [0.4, 0.5) is 0 Å². The smallest absolute Gasteiger partial charge is 0.360 e. The zero-order valence-corrected chi connectivity index (χ0v) is 14.9. The standard InChI is InChI=1S/C19H20O8/c1-24-13-7-3-5-9-15(13)26-12-11-19(17(20)21,18(22)23)27-16-10-6-4-8-14(16)25-2/h3-10H,11-12H2,1-2H3,(H,20,21)(H,22,23). The number of para-hydroxylation sites is 4. The van der Waals surface area contributed by atoms with Crippen LogP contribution < -0.4 is 18.9 Å². The van der Waals surface area contributed by atoms with Crippen molar-refractivity contribution in [3.05, 3.63) is 48.5 Å². The van der Waals surface area contributed by atoms with Gasteiger partial charge in [0.15, 0.2) is 23.0 Å². The zero-order valence-electron chi connectivity index (χ0n) is 14.9. The summed E-state index contributed by atoms with van der Waals surface area (Å²) < 4.78 is 21.2. The van der Waals surface area contributed by atoms with E-state index in [1.807, 2.05) is 0 Å². The molecular weight excluding hydrogens is 356 g/mol. The molecule has 2 aromatic rings. The molecule has 0 bridgehead atoms. The third-order valence-corrected chi connectivity index (χ3v) is 3.82. The lowest BCUT2D eigenvalue weighted by atomic mass is 10.00. The molecule has 0 aliphatic rings. The van der Waals surface area contributed by atoms with Crippen molar-refractivity contribution in [2.75, 3.05) is 20.8 Å². The Morgan fingerprint density at radius 2 is 1.26 bits per heavy atom. The summed E-state index contributed by atoms with van der Waals surface area (Å²) in [6.07, 6.45) is -0.451. The number of carboxylic acid groups (broad SMARTS) is 2. The van der Waals surface area contributed by atoms with E-state index >= 15 is 0 Å². The highest BCUT2D eigenvalue weighted by Gasteiger charge is 2.50. The largest absolute Gasteiger partial charge is 0.493 e. The number of carbonyl (C=O) groups is 2. The normalized spacial score (nSPS) is 10.7. The van der Waals surface area contributed by atoms with Gasteiger partial charge in [0, 0.05) is 6.42 Å². The summed E-state index contributed by atoms with van der Waals surface area (Å²) in [4.78, 5) is 23.6. The highest BCUT2D eigenvalue weighted by atomic mass is 16.6. The second-order valence-corrected chi connectivity index (χ2v) is 5.44. The first kappa shape index (κ1) is 19.9. The second kappa shape index (κ2) is 8.79. The van der Waals surface area contributed by atoms with Crippen molar-refractivity contribution in [2.24, 2.45) is 0 Å². The third-order valence-electron chi connectivity index (χ3n) is 3.82. The van der Waals surface area contributed by atoms with Crippen molar-refractivity contribution in [1.29, 1.82) is 0 Å². The van der Waals surface area contributed by atoms with Crippen LogP contribution in [-0.4, -0.2) is 48.6 Å². The number of hydrogen-bond donors (Lipinski definition) is 2. The quantitative estimate of drug-likeness (QED) is 0.608. The lowest BCUT2D eigenvalue weighted by Crippen LogP contribution is -2.53. The molecule has 8 heteroatoms. The Morgan fingerprint density at radius 3 is 1.74 bits per heavy atom. The Labute approximate surface area is 155 Å². The lowest BCUT2D eigenvalue weighted by Gasteiger charge is -2.27. The van der Waals surface area contributed by atoms with Crippen LogP contribution in [0.2, 0.25) is 0 Å². The Bertz CT molecular complexity index is 788. The van der Waals surface area contributed by atoms with Crippen molar-refractivity contribution in [3.63, 3.8) is 0 Å². The first-order valence-corrected chi connectivity index (χ1v) is 7.99. The van der Waals surface area contributed by atoms with Crippen molar-refractivity contribution >= 4 is 11.9 Å². The number of rotatable bonds is 10. The molecule has 27 heavy (non-hydrogen) atoms. The van der Waals surface area contributed by atoms with Gasteiger partial charge < -0.3 is 29.2 Å². The minimum atomic E-state index is -2.54. The van der Waals surface area contributed by atoms with Crippen LogP contribution in [-0.2, 0) is 9.59 Å². The van der Waals surface area contributed by atoms with Gasteiger partial charge in [-0.15, -0.1) is 0 Å². The molecule has 144 valence electrons. The molecule has 0 saturated heterocycles. The molecule has 0 aliphatic carbocycles. The number of carboxylic acids is 2. The second-order valence-electron chi connectivity index (χ2n) is 5.44. The first-order valence-electron chi connectivity index (χ1n) is 7.99. The van der Waals surface area contributed by atoms with Gasteiger partial charge in [-0.2, -0.15) is 0 Å². The van der Waals surface area contributed by atoms with Crippen LogP contribution >= 0.6 is 0 Å². The van der Waals surface area contributed by atoms with Crippen LogP contribution in [0.1, 0.15) is 6.42 Å². The summed E-state index contributed by atoms with van der Waals surface area (Å²) in [5.41, 5.74) is -2.54. The molecule has 0 saturated carbocycles. The maximum atomic E-state index is 11.8. The average Bonchev–Trinajstić information content (AvgIpc) is 2.67. The number of benzene rings is 2. The Kier molecular flexibility index (Phi) is 6.48. The molecule has 0 amide bonds. The van der Waals surface area contributed by atoms with Gasteiger partial charge >= 0.3 is 17.5 Å². The van der Waals surface area contributed by atoms with Crippen LogP contribution in [0.25, 0.3) is 0 Å². The van der Waals surface area contributed by atoms with E-state index in [0.717, 1.165) is 0 Å². The first-order chi connectivity index (χ1) is 12.9. The van der Waals surface area contributed by atoms with Crippen LogP contribution in [0, 0.1) is 0 Å². The minimum absolute atomic E-state index is 0.00194. The van der Waals surface area contributed by atoms with E-state index in [2.05, 4.69) is 0 Å². The predicted octanol–water partition coefficient (Wildman–Crippen LogP) is 2.46. The van der Waals surface area contributed by atoms with Gasteiger partial charge in [-0.05, 0) is 24.3 Å². The van der Waals surface area contributed by atoms with E-state index in [0.29, 0.717) is 11.5 Å². The van der Waals surface area contributed by atoms with Gasteiger partial charge in [-0.3, -0.25) is 0 Å². The highest BCUT2D eigenvalue weighted by molar-refractivity contribution is 6.02. The zero-order chi connectivity index (χ0) is 19.9. The molecule has 0 unspecified atom stereocenters. The summed E-state index contributed by atoms with van der Waals surface area (Å²) >= 11 is 0. The molecule has 2 rings (SSSR count). The molecule has 2 aromatic carbocycles. The van der Waals surface area contributed by atoms with Crippen LogP contribution in [0.3, 0.4) is 0 Å². The summed E-state index contributed by atoms with van der Waals surface area (Å²) in [5.74, 6) is -2.27. The Balaban J connectivity index is 2.23. The van der Waals surface area contributed by atoms with Gasteiger partial charge in [0.25, 0.3) is 0 Å². The van der Waals surface area contributed by atoms with E-state index in [-0.39, 0.29) is 18.1 Å². The van der Waals surface area contributed by atoms with Crippen LogP contribution in [0.5, 0.6) is 23.0 Å². The number of ether oxygens (including phenoxy) is 4. The average molecular weight is 376 g/mol. The number of hydrogen-bond acceptors (Lipinski definition) is 6. The number of methoxy groups -OCH3 is 2. The third kappa shape index (κ3) is 4.41. The van der Waals surface area contributed by atoms with Gasteiger partial charge in [0.2, 0.25) is 0 Å². The van der Waals surface area contributed by atoms with E-state index < -0.39 is 24.0 Å². The number of aliphatic carboxylic acids is 2. The van der Waals surface area contributed by atoms with E-state index in [1.165, 1.54) is 26.4 Å². The molecule has 8 nitrogen and oxygen atoms in total. The molecule has 0 atom stereocenters. The fraction of sp³-hybridized carbons (Fsp3) is 0.263. The van der Waals surface area contributed by atoms with Crippen molar-refractivity contribution in [2.45, 2.75) is 12.0 Å². The Hall–Kier alpha value is -3.42. The van der Waals surface area contributed by atoms with Crippen LogP contribution in [0.15, 0.2) is 48.5 Å². The maximum Gasteiger partial charge on any atom is 0.360 e. The summed E-state index contributed by atoms with van der Waals surface area (Å²) in [6.45, 7) is -0.228. The van der Waals surface area contributed by atoms with Crippen molar-refractivity contribution in [3.8, 4) is 23.0 Å². The molecule has 0 radical (unpaired) electrons. The summed E-state index contributed by atoms with van der Waals surface area (Å²) in [7, 11) is 2.84. The highest BCUT2D eigenvalue weighted by Crippen LogP contribution is 2.32. The fourth-order valence-electron chi connectivity index (χ4n) is 2.38. The molecule has 0 spiro atoms. The predicted molar refractivity (Wildman–Crippen MR) is 94.7 cm³/mol. The molecule has 0 heterocycles. The van der Waals surface area contributed by atoms with Gasteiger partial charge in [-0.1, -0.05) is 24.3 Å². The lowest BCUT2D eigenvalue weighted by molar-refractivity contribution is -0.173. The fourth-order valence-corrected chi connectivity index (χ4v) is 2.38. The minimum Gasteiger partial charge on any atom is -0.493 e.